The summed E-state index contributed by atoms with van der Waals surface area (Å²) >= 11 is 0. The highest BCUT2D eigenvalue weighted by Gasteiger charge is 2.50. The Hall–Kier alpha value is -4.40. The van der Waals surface area contributed by atoms with E-state index >= 15 is 0 Å². The molecule has 188 valence electrons. The number of primary amides is 1. The lowest BCUT2D eigenvalue weighted by molar-refractivity contribution is 0.00108. The van der Waals surface area contributed by atoms with Crippen LogP contribution in [0, 0.1) is 23.1 Å². The second kappa shape index (κ2) is 10.1. The predicted octanol–water partition coefficient (Wildman–Crippen LogP) is 3.36. The summed E-state index contributed by atoms with van der Waals surface area (Å²) in [5, 5.41) is 31.8. The van der Waals surface area contributed by atoms with Gasteiger partial charge in [-0.3, -0.25) is 14.2 Å². The molecule has 1 saturated heterocycles. The van der Waals surface area contributed by atoms with Gasteiger partial charge in [-0.2, -0.15) is 15.5 Å². The van der Waals surface area contributed by atoms with Crippen LogP contribution in [0.15, 0.2) is 48.9 Å². The van der Waals surface area contributed by atoms with E-state index in [1.54, 1.807) is 17.8 Å². The fourth-order valence-electron chi connectivity index (χ4n) is 4.92. The molecule has 11 nitrogen and oxygen atoms in total. The Labute approximate surface area is 206 Å². The molecular formula is C24H27FN8O3. The van der Waals surface area contributed by atoms with Crippen LogP contribution < -0.4 is 11.1 Å². The minimum atomic E-state index is -1.09. The third-order valence-corrected chi connectivity index (χ3v) is 6.76. The molecule has 1 aromatic carbocycles. The maximum absolute atomic E-state index is 13.3. The van der Waals surface area contributed by atoms with E-state index in [9.17, 15) is 24.3 Å². The number of nitrogens with zero attached hydrogens (tertiary/aromatic N) is 6. The first kappa shape index (κ1) is 24.7. The molecule has 1 aliphatic heterocycles. The molecule has 4 rings (SSSR count). The molecule has 4 N–H and O–H groups in total. The molecule has 0 radical (unpaired) electrons. The van der Waals surface area contributed by atoms with Gasteiger partial charge in [0.1, 0.15) is 11.4 Å². The largest absolute Gasteiger partial charge is 0.465 e. The number of aromatic nitrogens is 4. The maximum atomic E-state index is 13.3. The number of amides is 2. The number of nitriles is 1. The molecule has 1 fully saturated rings. The fraction of sp³-hybridized carbons (Fsp3) is 0.375. The molecule has 12 heteroatoms. The Bertz CT molecular complexity index is 1270. The van der Waals surface area contributed by atoms with Crippen LogP contribution in [0.1, 0.15) is 42.6 Å². The Morgan fingerprint density at radius 1 is 1.36 bits per heavy atom. The van der Waals surface area contributed by atoms with E-state index in [-0.39, 0.29) is 17.9 Å². The van der Waals surface area contributed by atoms with Gasteiger partial charge < -0.3 is 21.1 Å². The highest BCUT2D eigenvalue weighted by atomic mass is 19.1. The smallest absolute Gasteiger partial charge is 0.407 e. The van der Waals surface area contributed by atoms with Crippen molar-refractivity contribution in [3.05, 3.63) is 60.3 Å². The number of carbonyl (C=O) groups excluding carboxylic acids is 1. The summed E-state index contributed by atoms with van der Waals surface area (Å²) in [5.74, 6) is -1.70. The van der Waals surface area contributed by atoms with Crippen LogP contribution in [0.4, 0.5) is 20.7 Å². The monoisotopic (exact) mass is 494 g/mol. The standard InChI is InChI=1S/C24H27FN8O3/c1-24(9-2-11-31-12-3-10-28-31)19(14-26)20(8-13-32(24)23(35)36)33-15-18(21(27)34)22(30-33)29-17-6-4-16(25)5-7-17/h3-7,10,12,15,19-20H,2,8-9,11,13H2,1H3,(H2,27,34)(H,29,30)(H,35,36)/t19-,20-,24?/m1/s1. The molecule has 0 aliphatic carbocycles. The van der Waals surface area contributed by atoms with Crippen LogP contribution in [0.2, 0.25) is 0 Å². The van der Waals surface area contributed by atoms with E-state index in [1.807, 2.05) is 12.3 Å². The molecular weight excluding hydrogens is 467 g/mol. The first-order valence-corrected chi connectivity index (χ1v) is 11.5. The van der Waals surface area contributed by atoms with Crippen molar-refractivity contribution < 1.29 is 19.1 Å². The summed E-state index contributed by atoms with van der Waals surface area (Å²) in [6.45, 7) is 2.56. The average Bonchev–Trinajstić information content (AvgIpc) is 3.50. The van der Waals surface area contributed by atoms with Crippen molar-refractivity contribution in [2.24, 2.45) is 11.7 Å². The number of nitrogens with two attached hydrogens (primary N) is 1. The van der Waals surface area contributed by atoms with Gasteiger partial charge in [0.05, 0.1) is 23.6 Å². The first-order valence-electron chi connectivity index (χ1n) is 11.5. The summed E-state index contributed by atoms with van der Waals surface area (Å²) in [4.78, 5) is 25.6. The van der Waals surface area contributed by atoms with Gasteiger partial charge in [0.15, 0.2) is 5.82 Å². The number of likely N-dealkylation sites (tertiary alicyclic amines) is 1. The number of aryl methyl sites for hydroxylation is 1. The van der Waals surface area contributed by atoms with Gasteiger partial charge in [0.2, 0.25) is 0 Å². The van der Waals surface area contributed by atoms with E-state index in [0.29, 0.717) is 31.5 Å². The normalized spacial score (nSPS) is 21.6. The van der Waals surface area contributed by atoms with E-state index in [4.69, 9.17) is 5.73 Å². The second-order valence-corrected chi connectivity index (χ2v) is 8.99. The van der Waals surface area contributed by atoms with Gasteiger partial charge in [-0.05, 0) is 56.5 Å². The molecule has 3 atom stereocenters. The minimum Gasteiger partial charge on any atom is -0.465 e. The number of carbonyl (C=O) groups is 2. The lowest BCUT2D eigenvalue weighted by atomic mass is 9.73. The van der Waals surface area contributed by atoms with Gasteiger partial charge in [-0.15, -0.1) is 0 Å². The Balaban J connectivity index is 1.63. The van der Waals surface area contributed by atoms with Gasteiger partial charge in [0, 0.05) is 37.4 Å². The van der Waals surface area contributed by atoms with E-state index in [1.165, 1.54) is 40.0 Å². The highest BCUT2D eigenvalue weighted by molar-refractivity contribution is 5.98. The Morgan fingerprint density at radius 3 is 2.72 bits per heavy atom. The average molecular weight is 495 g/mol. The van der Waals surface area contributed by atoms with Gasteiger partial charge in [-0.25, -0.2) is 9.18 Å². The molecule has 1 unspecified atom stereocenters. The highest BCUT2D eigenvalue weighted by Crippen LogP contribution is 2.43. The number of halogens is 1. The number of carboxylic acid groups (broad SMARTS) is 1. The van der Waals surface area contributed by atoms with Crippen LogP contribution in [0.5, 0.6) is 0 Å². The minimum absolute atomic E-state index is 0.108. The SMILES string of the molecule is CC1(CCCn2cccn2)[C@H](C#N)[C@H](n2cc(C(N)=O)c(Nc3ccc(F)cc3)n2)CCN1C(=O)O. The number of anilines is 2. The molecule has 0 bridgehead atoms. The summed E-state index contributed by atoms with van der Waals surface area (Å²) < 4.78 is 16.6. The molecule has 0 saturated carbocycles. The summed E-state index contributed by atoms with van der Waals surface area (Å²) in [5.41, 5.74) is 5.19. The third-order valence-electron chi connectivity index (χ3n) is 6.76. The van der Waals surface area contributed by atoms with Crippen molar-refractivity contribution >= 4 is 23.5 Å². The molecule has 3 heterocycles. The lowest BCUT2D eigenvalue weighted by Crippen LogP contribution is -2.59. The Kier molecular flexibility index (Phi) is 6.91. The van der Waals surface area contributed by atoms with Crippen molar-refractivity contribution in [2.45, 2.75) is 44.3 Å². The van der Waals surface area contributed by atoms with Crippen molar-refractivity contribution in [2.75, 3.05) is 11.9 Å². The number of nitrogens with one attached hydrogen (secondary N) is 1. The van der Waals surface area contributed by atoms with Gasteiger partial charge >= 0.3 is 6.09 Å². The zero-order valence-electron chi connectivity index (χ0n) is 19.7. The summed E-state index contributed by atoms with van der Waals surface area (Å²) in [6.07, 6.45) is 5.25. The predicted molar refractivity (Wildman–Crippen MR) is 128 cm³/mol. The van der Waals surface area contributed by atoms with E-state index < -0.39 is 35.3 Å². The zero-order valence-corrected chi connectivity index (χ0v) is 19.7. The topological polar surface area (TPSA) is 155 Å². The van der Waals surface area contributed by atoms with E-state index in [2.05, 4.69) is 21.6 Å². The molecule has 0 spiro atoms. The van der Waals surface area contributed by atoms with Gasteiger partial charge in [-0.1, -0.05) is 0 Å². The van der Waals surface area contributed by atoms with E-state index in [0.717, 1.165) is 0 Å². The summed E-state index contributed by atoms with van der Waals surface area (Å²) in [7, 11) is 0. The van der Waals surface area contributed by atoms with Crippen molar-refractivity contribution in [3.8, 4) is 6.07 Å². The fourth-order valence-corrected chi connectivity index (χ4v) is 4.92. The van der Waals surface area contributed by atoms with Crippen LogP contribution in [-0.2, 0) is 6.54 Å². The third kappa shape index (κ3) is 4.86. The zero-order chi connectivity index (χ0) is 25.9. The molecule has 36 heavy (non-hydrogen) atoms. The number of benzene rings is 1. The quantitative estimate of drug-likeness (QED) is 0.433. The van der Waals surface area contributed by atoms with Gasteiger partial charge in [0.25, 0.3) is 5.91 Å². The van der Waals surface area contributed by atoms with Crippen LogP contribution in [0.25, 0.3) is 0 Å². The maximum Gasteiger partial charge on any atom is 0.407 e. The molecule has 2 aromatic heterocycles. The number of hydrogen-bond donors (Lipinski definition) is 3. The van der Waals surface area contributed by atoms with Crippen molar-refractivity contribution in [3.63, 3.8) is 0 Å². The van der Waals surface area contributed by atoms with Crippen molar-refractivity contribution in [1.29, 1.82) is 5.26 Å². The summed E-state index contributed by atoms with van der Waals surface area (Å²) in [6, 6.07) is 9.17. The van der Waals surface area contributed by atoms with Crippen LogP contribution >= 0.6 is 0 Å². The molecule has 2 amide bonds. The number of piperidine rings is 1. The first-order chi connectivity index (χ1) is 17.2. The Morgan fingerprint density at radius 2 is 2.11 bits per heavy atom. The lowest BCUT2D eigenvalue weighted by Gasteiger charge is -2.49. The number of hydrogen-bond acceptors (Lipinski definition) is 6. The van der Waals surface area contributed by atoms with Crippen molar-refractivity contribution in [1.82, 2.24) is 24.5 Å². The molecule has 1 aliphatic rings. The number of rotatable bonds is 8. The second-order valence-electron chi connectivity index (χ2n) is 8.99. The van der Waals surface area contributed by atoms with Crippen LogP contribution in [-0.4, -0.2) is 53.7 Å². The molecule has 3 aromatic rings. The van der Waals surface area contributed by atoms with Crippen LogP contribution in [0.3, 0.4) is 0 Å².